The number of aromatic nitrogens is 4. The van der Waals surface area contributed by atoms with Gasteiger partial charge < -0.3 is 20.7 Å². The fourth-order valence-electron chi connectivity index (χ4n) is 2.67. The number of carboxylic acid groups (broad SMARTS) is 1. The number of hydrogen-bond donors (Lipinski definition) is 4. The van der Waals surface area contributed by atoms with Gasteiger partial charge in [0.15, 0.2) is 11.2 Å². The number of hydrogen-bond acceptors (Lipinski definition) is 6. The zero-order valence-electron chi connectivity index (χ0n) is 14.3. The smallest absolute Gasteiger partial charge is 0.326 e. The lowest BCUT2D eigenvalue weighted by molar-refractivity contribution is -0.141. The fraction of sp³-hybridized carbons (Fsp3) is 0.235. The Morgan fingerprint density at radius 1 is 1.30 bits per heavy atom. The van der Waals surface area contributed by atoms with Crippen LogP contribution in [0.25, 0.3) is 11.2 Å². The van der Waals surface area contributed by atoms with E-state index in [1.54, 1.807) is 24.3 Å². The minimum atomic E-state index is -1.11. The van der Waals surface area contributed by atoms with Gasteiger partial charge in [-0.25, -0.2) is 9.78 Å². The number of nitrogen functional groups attached to an aromatic ring is 1. The van der Waals surface area contributed by atoms with Crippen molar-refractivity contribution in [2.45, 2.75) is 25.4 Å². The van der Waals surface area contributed by atoms with E-state index in [9.17, 15) is 19.5 Å². The molecule has 0 saturated carbocycles. The van der Waals surface area contributed by atoms with Crippen LogP contribution in [0.5, 0.6) is 0 Å². The largest absolute Gasteiger partial charge is 0.480 e. The highest BCUT2D eigenvalue weighted by Crippen LogP contribution is 2.08. The minimum Gasteiger partial charge on any atom is -0.480 e. The number of carboxylic acids is 1. The molecular weight excluding hydrogens is 352 g/mol. The molecule has 3 aromatic rings. The van der Waals surface area contributed by atoms with Crippen LogP contribution in [0.3, 0.4) is 0 Å². The Bertz CT molecular complexity index is 1030. The summed E-state index contributed by atoms with van der Waals surface area (Å²) in [5.74, 6) is -1.59. The van der Waals surface area contributed by atoms with Gasteiger partial charge in [-0.05, 0) is 5.56 Å². The van der Waals surface area contributed by atoms with E-state index >= 15 is 0 Å². The summed E-state index contributed by atoms with van der Waals surface area (Å²) in [6, 6.07) is 8.01. The van der Waals surface area contributed by atoms with Gasteiger partial charge in [-0.3, -0.25) is 14.6 Å². The van der Waals surface area contributed by atoms with Gasteiger partial charge in [0.05, 0.1) is 6.33 Å². The standard InChI is InChI=1S/C17H18N6O4/c18-17-21-14-13(15(25)22-17)19-9-23(14)7-6-12(24)20-11(16(26)27)8-10-4-2-1-3-5-10/h1-5,9,11H,6-8H2,(H,20,24)(H,26,27)(H3,18,21,22,25). The molecule has 0 saturated heterocycles. The lowest BCUT2D eigenvalue weighted by Crippen LogP contribution is -2.42. The Morgan fingerprint density at radius 2 is 2.04 bits per heavy atom. The highest BCUT2D eigenvalue weighted by Gasteiger charge is 2.20. The molecule has 0 spiro atoms. The second-order valence-electron chi connectivity index (χ2n) is 5.96. The number of imidazole rings is 1. The van der Waals surface area contributed by atoms with Crippen molar-refractivity contribution in [1.82, 2.24) is 24.8 Å². The monoisotopic (exact) mass is 370 g/mol. The number of nitrogens with one attached hydrogen (secondary N) is 2. The third-order valence-electron chi connectivity index (χ3n) is 3.99. The first-order valence-corrected chi connectivity index (χ1v) is 8.21. The highest BCUT2D eigenvalue weighted by molar-refractivity contribution is 5.83. The number of rotatable bonds is 7. The number of benzene rings is 1. The molecule has 1 unspecified atom stereocenters. The number of carbonyl (C=O) groups excluding carboxylic acids is 1. The quantitative estimate of drug-likeness (QED) is 0.452. The first-order valence-electron chi connectivity index (χ1n) is 8.21. The van der Waals surface area contributed by atoms with Crippen molar-refractivity contribution in [3.05, 3.63) is 52.6 Å². The first kappa shape index (κ1) is 18.1. The molecule has 0 aliphatic heterocycles. The summed E-state index contributed by atoms with van der Waals surface area (Å²) >= 11 is 0. The number of fused-ring (bicyclic) bond motifs is 1. The molecule has 27 heavy (non-hydrogen) atoms. The molecule has 0 aliphatic carbocycles. The summed E-state index contributed by atoms with van der Waals surface area (Å²) in [5, 5.41) is 11.9. The van der Waals surface area contributed by atoms with Crippen LogP contribution in [-0.2, 0) is 22.6 Å². The maximum atomic E-state index is 12.2. The van der Waals surface area contributed by atoms with Crippen molar-refractivity contribution >= 4 is 29.0 Å². The lowest BCUT2D eigenvalue weighted by Gasteiger charge is -2.15. The molecule has 2 heterocycles. The zero-order chi connectivity index (χ0) is 19.4. The summed E-state index contributed by atoms with van der Waals surface area (Å²) in [6.45, 7) is 0.176. The van der Waals surface area contributed by atoms with Crippen LogP contribution in [0.15, 0.2) is 41.5 Å². The van der Waals surface area contributed by atoms with E-state index in [1.165, 1.54) is 10.9 Å². The average molecular weight is 370 g/mol. The van der Waals surface area contributed by atoms with Crippen molar-refractivity contribution in [2.24, 2.45) is 0 Å². The van der Waals surface area contributed by atoms with E-state index < -0.39 is 23.5 Å². The Hall–Kier alpha value is -3.69. The molecule has 1 amide bonds. The maximum absolute atomic E-state index is 12.2. The molecule has 3 rings (SSSR count). The van der Waals surface area contributed by atoms with Gasteiger partial charge in [0.1, 0.15) is 6.04 Å². The molecule has 0 radical (unpaired) electrons. The molecule has 1 atom stereocenters. The number of H-pyrrole nitrogens is 1. The number of anilines is 1. The predicted molar refractivity (Wildman–Crippen MR) is 96.9 cm³/mol. The number of nitrogens with zero attached hydrogens (tertiary/aromatic N) is 3. The van der Waals surface area contributed by atoms with Crippen molar-refractivity contribution in [1.29, 1.82) is 0 Å². The third-order valence-corrected chi connectivity index (χ3v) is 3.99. The van der Waals surface area contributed by atoms with Gasteiger partial charge in [0.2, 0.25) is 11.9 Å². The Morgan fingerprint density at radius 3 is 2.74 bits per heavy atom. The molecular formula is C17H18N6O4. The molecule has 10 nitrogen and oxygen atoms in total. The third kappa shape index (κ3) is 4.29. The molecule has 0 aliphatic rings. The van der Waals surface area contributed by atoms with E-state index in [2.05, 4.69) is 20.3 Å². The first-order chi connectivity index (χ1) is 12.9. The SMILES string of the molecule is Nc1nc2c(ncn2CCC(=O)NC(Cc2ccccc2)C(=O)O)c(=O)[nH]1. The number of nitrogens with two attached hydrogens (primary N) is 1. The van der Waals surface area contributed by atoms with Gasteiger partial charge in [-0.15, -0.1) is 0 Å². The van der Waals surface area contributed by atoms with Gasteiger partial charge >= 0.3 is 5.97 Å². The zero-order valence-corrected chi connectivity index (χ0v) is 14.3. The molecule has 5 N–H and O–H groups in total. The molecule has 140 valence electrons. The molecule has 1 aromatic carbocycles. The molecule has 0 bridgehead atoms. The van der Waals surface area contributed by atoms with Gasteiger partial charge in [0, 0.05) is 19.4 Å². The Kier molecular flexibility index (Phi) is 5.15. The Labute approximate surface area is 153 Å². The van der Waals surface area contributed by atoms with E-state index in [4.69, 9.17) is 5.73 Å². The fourth-order valence-corrected chi connectivity index (χ4v) is 2.67. The van der Waals surface area contributed by atoms with Crippen molar-refractivity contribution < 1.29 is 14.7 Å². The van der Waals surface area contributed by atoms with Crippen molar-refractivity contribution in [2.75, 3.05) is 5.73 Å². The van der Waals surface area contributed by atoms with Crippen LogP contribution in [0.1, 0.15) is 12.0 Å². The average Bonchev–Trinajstić information content (AvgIpc) is 3.03. The van der Waals surface area contributed by atoms with Gasteiger partial charge in [-0.2, -0.15) is 4.98 Å². The van der Waals surface area contributed by atoms with E-state index in [0.717, 1.165) is 5.56 Å². The normalized spacial score (nSPS) is 12.0. The number of aryl methyl sites for hydroxylation is 1. The number of aromatic amines is 1. The predicted octanol–water partition coefficient (Wildman–Crippen LogP) is -0.0960. The highest BCUT2D eigenvalue weighted by atomic mass is 16.4. The lowest BCUT2D eigenvalue weighted by atomic mass is 10.1. The number of amides is 1. The second-order valence-corrected chi connectivity index (χ2v) is 5.96. The van der Waals surface area contributed by atoms with Crippen LogP contribution in [0.2, 0.25) is 0 Å². The minimum absolute atomic E-state index is 0.00157. The van der Waals surface area contributed by atoms with Crippen LogP contribution in [0.4, 0.5) is 5.95 Å². The van der Waals surface area contributed by atoms with Crippen molar-refractivity contribution in [3.8, 4) is 0 Å². The summed E-state index contributed by atoms with van der Waals surface area (Å²) in [7, 11) is 0. The van der Waals surface area contributed by atoms with E-state index in [1.807, 2.05) is 6.07 Å². The second kappa shape index (κ2) is 7.68. The van der Waals surface area contributed by atoms with Gasteiger partial charge in [0.25, 0.3) is 5.56 Å². The topological polar surface area (TPSA) is 156 Å². The van der Waals surface area contributed by atoms with Gasteiger partial charge in [-0.1, -0.05) is 30.3 Å². The van der Waals surface area contributed by atoms with Crippen LogP contribution in [-0.4, -0.2) is 42.5 Å². The maximum Gasteiger partial charge on any atom is 0.326 e. The molecule has 2 aromatic heterocycles. The van der Waals surface area contributed by atoms with Crippen molar-refractivity contribution in [3.63, 3.8) is 0 Å². The van der Waals surface area contributed by atoms with Crippen LogP contribution >= 0.6 is 0 Å². The summed E-state index contributed by atoms with van der Waals surface area (Å²) < 4.78 is 1.52. The summed E-state index contributed by atoms with van der Waals surface area (Å²) in [5.41, 5.74) is 6.26. The molecule has 10 heteroatoms. The number of carbonyl (C=O) groups is 2. The van der Waals surface area contributed by atoms with Crippen LogP contribution < -0.4 is 16.6 Å². The number of aliphatic carboxylic acids is 1. The Balaban J connectivity index is 1.65. The van der Waals surface area contributed by atoms with Crippen LogP contribution in [0, 0.1) is 0 Å². The molecule has 0 fully saturated rings. The summed E-state index contributed by atoms with van der Waals surface area (Å²) in [6.07, 6.45) is 1.57. The van der Waals surface area contributed by atoms with E-state index in [-0.39, 0.29) is 36.5 Å². The van der Waals surface area contributed by atoms with E-state index in [0.29, 0.717) is 0 Å². The summed E-state index contributed by atoms with van der Waals surface area (Å²) in [4.78, 5) is 45.7.